The number of thiazole rings is 1. The summed E-state index contributed by atoms with van der Waals surface area (Å²) < 4.78 is 38.1. The van der Waals surface area contributed by atoms with Crippen LogP contribution in [0, 0.1) is 6.92 Å². The van der Waals surface area contributed by atoms with Crippen LogP contribution in [0.5, 0.6) is 0 Å². The molecule has 0 saturated heterocycles. The van der Waals surface area contributed by atoms with Gasteiger partial charge in [0.05, 0.1) is 16.1 Å². The minimum atomic E-state index is -4.51. The molecule has 0 bridgehead atoms. The smallest absolute Gasteiger partial charge is 0.324 e. The molecule has 9 heteroatoms. The largest absolute Gasteiger partial charge is 0.433 e. The SMILES string of the molecule is Cc1cc(Nc2nccc(C(F)(F)F)n2)cc(-c2cncs2)n1. The number of alkyl halides is 3. The topological polar surface area (TPSA) is 63.6 Å². The fourth-order valence-electron chi connectivity index (χ4n) is 1.92. The molecule has 3 heterocycles. The van der Waals surface area contributed by atoms with Crippen LogP contribution in [0.15, 0.2) is 36.1 Å². The van der Waals surface area contributed by atoms with E-state index in [2.05, 4.69) is 25.3 Å². The van der Waals surface area contributed by atoms with Crippen molar-refractivity contribution in [2.24, 2.45) is 0 Å². The van der Waals surface area contributed by atoms with Gasteiger partial charge in [-0.05, 0) is 25.1 Å². The molecule has 5 nitrogen and oxygen atoms in total. The fourth-order valence-corrected chi connectivity index (χ4v) is 2.50. The number of aryl methyl sites for hydroxylation is 1. The van der Waals surface area contributed by atoms with Gasteiger partial charge in [-0.3, -0.25) is 9.97 Å². The summed E-state index contributed by atoms with van der Waals surface area (Å²) in [5, 5.41) is 2.78. The number of anilines is 2. The number of pyridine rings is 1. The van der Waals surface area contributed by atoms with Crippen molar-refractivity contribution in [1.82, 2.24) is 19.9 Å². The molecule has 3 aromatic rings. The Bertz CT molecular complexity index is 818. The van der Waals surface area contributed by atoms with Crippen LogP contribution in [-0.4, -0.2) is 19.9 Å². The molecule has 23 heavy (non-hydrogen) atoms. The highest BCUT2D eigenvalue weighted by molar-refractivity contribution is 7.13. The molecule has 118 valence electrons. The van der Waals surface area contributed by atoms with Crippen molar-refractivity contribution < 1.29 is 13.2 Å². The van der Waals surface area contributed by atoms with Gasteiger partial charge in [0.15, 0.2) is 0 Å². The summed E-state index contributed by atoms with van der Waals surface area (Å²) in [6.07, 6.45) is -1.77. The first kappa shape index (κ1) is 15.3. The summed E-state index contributed by atoms with van der Waals surface area (Å²) in [4.78, 5) is 16.5. The Balaban J connectivity index is 1.92. The van der Waals surface area contributed by atoms with Crippen molar-refractivity contribution in [3.63, 3.8) is 0 Å². The Labute approximate surface area is 133 Å². The zero-order valence-electron chi connectivity index (χ0n) is 11.8. The minimum Gasteiger partial charge on any atom is -0.324 e. The molecule has 0 atom stereocenters. The molecule has 0 aromatic carbocycles. The van der Waals surface area contributed by atoms with Gasteiger partial charge >= 0.3 is 6.18 Å². The molecule has 0 radical (unpaired) electrons. The summed E-state index contributed by atoms with van der Waals surface area (Å²) in [6.45, 7) is 1.79. The van der Waals surface area contributed by atoms with E-state index in [0.717, 1.165) is 17.1 Å². The number of hydrogen-bond acceptors (Lipinski definition) is 6. The zero-order chi connectivity index (χ0) is 16.4. The number of nitrogens with zero attached hydrogens (tertiary/aromatic N) is 4. The van der Waals surface area contributed by atoms with Gasteiger partial charge in [0.25, 0.3) is 0 Å². The Morgan fingerprint density at radius 1 is 1.17 bits per heavy atom. The molecule has 0 spiro atoms. The number of hydrogen-bond donors (Lipinski definition) is 1. The lowest BCUT2D eigenvalue weighted by atomic mass is 10.2. The third-order valence-electron chi connectivity index (χ3n) is 2.84. The lowest BCUT2D eigenvalue weighted by Crippen LogP contribution is -2.10. The molecule has 0 aliphatic rings. The number of halogens is 3. The number of aromatic nitrogens is 4. The molecule has 0 amide bonds. The van der Waals surface area contributed by atoms with E-state index < -0.39 is 11.9 Å². The molecule has 0 unspecified atom stereocenters. The zero-order valence-corrected chi connectivity index (χ0v) is 12.6. The second-order valence-corrected chi connectivity index (χ2v) is 5.52. The highest BCUT2D eigenvalue weighted by atomic mass is 32.1. The fraction of sp³-hybridized carbons (Fsp3) is 0.143. The van der Waals surface area contributed by atoms with Gasteiger partial charge in [-0.2, -0.15) is 13.2 Å². The van der Waals surface area contributed by atoms with E-state index in [1.54, 1.807) is 30.8 Å². The Hall–Kier alpha value is -2.55. The maximum atomic E-state index is 12.7. The van der Waals surface area contributed by atoms with Crippen molar-refractivity contribution >= 4 is 23.0 Å². The summed E-state index contributed by atoms with van der Waals surface area (Å²) in [6, 6.07) is 4.24. The second-order valence-electron chi connectivity index (χ2n) is 4.64. The third-order valence-corrected chi connectivity index (χ3v) is 3.64. The molecule has 3 aromatic heterocycles. The van der Waals surface area contributed by atoms with E-state index >= 15 is 0 Å². The van der Waals surface area contributed by atoms with Crippen LogP contribution < -0.4 is 5.32 Å². The maximum absolute atomic E-state index is 12.7. The first-order chi connectivity index (χ1) is 10.9. The molecule has 0 fully saturated rings. The summed E-state index contributed by atoms with van der Waals surface area (Å²) in [5.41, 5.74) is 2.64. The van der Waals surface area contributed by atoms with Gasteiger partial charge in [0, 0.05) is 23.8 Å². The number of nitrogens with one attached hydrogen (secondary N) is 1. The van der Waals surface area contributed by atoms with E-state index in [9.17, 15) is 13.2 Å². The van der Waals surface area contributed by atoms with Crippen LogP contribution in [-0.2, 0) is 6.18 Å². The van der Waals surface area contributed by atoms with Gasteiger partial charge in [-0.25, -0.2) is 9.97 Å². The van der Waals surface area contributed by atoms with Crippen molar-refractivity contribution in [3.05, 3.63) is 47.5 Å². The standard InChI is InChI=1S/C14H10F3N5S/c1-8-4-9(5-10(20-8)11-6-18-7-23-11)21-13-19-3-2-12(22-13)14(15,16)17/h2-7H,1H3,(H,19,20,21,22). The van der Waals surface area contributed by atoms with Gasteiger partial charge in [0.2, 0.25) is 5.95 Å². The van der Waals surface area contributed by atoms with Crippen molar-refractivity contribution in [2.45, 2.75) is 13.1 Å². The lowest BCUT2D eigenvalue weighted by molar-refractivity contribution is -0.141. The van der Waals surface area contributed by atoms with Crippen LogP contribution in [0.3, 0.4) is 0 Å². The summed E-state index contributed by atoms with van der Waals surface area (Å²) in [7, 11) is 0. The minimum absolute atomic E-state index is 0.124. The molecular weight excluding hydrogens is 327 g/mol. The van der Waals surface area contributed by atoms with Crippen molar-refractivity contribution in [1.29, 1.82) is 0 Å². The van der Waals surface area contributed by atoms with Gasteiger partial charge < -0.3 is 5.32 Å². The van der Waals surface area contributed by atoms with E-state index in [1.165, 1.54) is 11.3 Å². The Kier molecular flexibility index (Phi) is 3.95. The quantitative estimate of drug-likeness (QED) is 0.781. The van der Waals surface area contributed by atoms with Crippen LogP contribution in [0.4, 0.5) is 24.8 Å². The van der Waals surface area contributed by atoms with E-state index in [1.807, 2.05) is 0 Å². The highest BCUT2D eigenvalue weighted by Crippen LogP contribution is 2.29. The molecule has 1 N–H and O–H groups in total. The summed E-state index contributed by atoms with van der Waals surface area (Å²) >= 11 is 1.42. The second kappa shape index (κ2) is 5.92. The van der Waals surface area contributed by atoms with Gasteiger partial charge in [-0.15, -0.1) is 11.3 Å². The number of rotatable bonds is 3. The average Bonchev–Trinajstić information content (AvgIpc) is 3.00. The molecular formula is C14H10F3N5S. The Morgan fingerprint density at radius 2 is 2.00 bits per heavy atom. The van der Waals surface area contributed by atoms with Crippen molar-refractivity contribution in [3.8, 4) is 10.6 Å². The van der Waals surface area contributed by atoms with E-state index in [-0.39, 0.29) is 5.95 Å². The predicted molar refractivity (Wildman–Crippen MR) is 80.4 cm³/mol. The highest BCUT2D eigenvalue weighted by Gasteiger charge is 2.32. The van der Waals surface area contributed by atoms with Crippen LogP contribution in [0.1, 0.15) is 11.4 Å². The third kappa shape index (κ3) is 3.62. The lowest BCUT2D eigenvalue weighted by Gasteiger charge is -2.10. The normalized spacial score (nSPS) is 11.5. The summed E-state index contributed by atoms with van der Waals surface area (Å²) in [5.74, 6) is -0.124. The first-order valence-corrected chi connectivity index (χ1v) is 7.34. The maximum Gasteiger partial charge on any atom is 0.433 e. The molecule has 3 rings (SSSR count). The van der Waals surface area contributed by atoms with Gasteiger partial charge in [0.1, 0.15) is 5.69 Å². The monoisotopic (exact) mass is 337 g/mol. The Morgan fingerprint density at radius 3 is 2.70 bits per heavy atom. The van der Waals surface area contributed by atoms with Crippen LogP contribution in [0.25, 0.3) is 10.6 Å². The van der Waals surface area contributed by atoms with Gasteiger partial charge in [-0.1, -0.05) is 0 Å². The predicted octanol–water partition coefficient (Wildman–Crippen LogP) is 4.07. The first-order valence-electron chi connectivity index (χ1n) is 6.46. The van der Waals surface area contributed by atoms with Crippen LogP contribution >= 0.6 is 11.3 Å². The molecule has 0 saturated carbocycles. The molecule has 0 aliphatic carbocycles. The molecule has 0 aliphatic heterocycles. The van der Waals surface area contributed by atoms with Crippen molar-refractivity contribution in [2.75, 3.05) is 5.32 Å². The average molecular weight is 337 g/mol. The van der Waals surface area contributed by atoms with Crippen LogP contribution in [0.2, 0.25) is 0 Å². The van der Waals surface area contributed by atoms with E-state index in [4.69, 9.17) is 0 Å². The van der Waals surface area contributed by atoms with E-state index in [0.29, 0.717) is 17.1 Å².